The summed E-state index contributed by atoms with van der Waals surface area (Å²) in [4.78, 5) is 22.6. The van der Waals surface area contributed by atoms with Crippen LogP contribution < -0.4 is 10.1 Å². The van der Waals surface area contributed by atoms with Gasteiger partial charge in [-0.05, 0) is 36.4 Å². The number of hydrogen-bond acceptors (Lipinski definition) is 7. The van der Waals surface area contributed by atoms with Crippen LogP contribution in [0.4, 0.5) is 10.1 Å². The molecule has 2 aromatic carbocycles. The average molecular weight is 457 g/mol. The molecule has 0 saturated carbocycles. The van der Waals surface area contributed by atoms with Gasteiger partial charge in [0, 0.05) is 23.8 Å². The van der Waals surface area contributed by atoms with Crippen LogP contribution in [0, 0.1) is 15.9 Å². The van der Waals surface area contributed by atoms with Crippen molar-refractivity contribution in [2.45, 2.75) is 0 Å². The van der Waals surface area contributed by atoms with Gasteiger partial charge in [0.2, 0.25) is 5.88 Å². The van der Waals surface area contributed by atoms with Crippen LogP contribution in [0.15, 0.2) is 54.6 Å². The van der Waals surface area contributed by atoms with E-state index in [4.69, 9.17) is 16.3 Å². The first-order chi connectivity index (χ1) is 15.4. The number of benzene rings is 2. The van der Waals surface area contributed by atoms with Crippen LogP contribution in [0.3, 0.4) is 0 Å². The van der Waals surface area contributed by atoms with Crippen LogP contribution in [0.25, 0.3) is 17.0 Å². The van der Waals surface area contributed by atoms with Crippen LogP contribution >= 0.6 is 11.6 Å². The van der Waals surface area contributed by atoms with Gasteiger partial charge < -0.3 is 10.1 Å². The Morgan fingerprint density at radius 3 is 2.69 bits per heavy atom. The van der Waals surface area contributed by atoms with Crippen LogP contribution in [0.1, 0.15) is 10.4 Å². The number of halogens is 2. The fraction of sp³-hybridized carbons (Fsp3) is 0.100. The van der Waals surface area contributed by atoms with E-state index in [2.05, 4.69) is 20.6 Å². The largest absolute Gasteiger partial charge is 0.475 e. The van der Waals surface area contributed by atoms with Gasteiger partial charge in [-0.15, -0.1) is 15.3 Å². The summed E-state index contributed by atoms with van der Waals surface area (Å²) in [7, 11) is 0. The minimum Gasteiger partial charge on any atom is -0.475 e. The molecule has 1 N–H and O–H groups in total. The highest BCUT2D eigenvalue weighted by Crippen LogP contribution is 2.22. The lowest BCUT2D eigenvalue weighted by atomic mass is 10.2. The molecule has 0 atom stereocenters. The van der Waals surface area contributed by atoms with Crippen molar-refractivity contribution in [3.05, 3.63) is 81.1 Å². The van der Waals surface area contributed by atoms with Crippen LogP contribution in [-0.4, -0.2) is 43.8 Å². The maximum absolute atomic E-state index is 13.2. The zero-order chi connectivity index (χ0) is 22.7. The summed E-state index contributed by atoms with van der Waals surface area (Å²) in [5.74, 6) is -0.265. The normalized spacial score (nSPS) is 10.8. The second-order valence-electron chi connectivity index (χ2n) is 6.50. The molecule has 0 aliphatic rings. The SMILES string of the molecule is O=C(NCCOc1ccc2nnc(-c3ccc(F)cc3)n2n1)c1cc([N+](=O)[O-])ccc1Cl. The molecule has 0 aliphatic heterocycles. The smallest absolute Gasteiger partial charge is 0.270 e. The minimum atomic E-state index is -0.608. The highest BCUT2D eigenvalue weighted by atomic mass is 35.5. The van der Waals surface area contributed by atoms with Crippen molar-refractivity contribution in [1.29, 1.82) is 0 Å². The van der Waals surface area contributed by atoms with E-state index in [9.17, 15) is 19.3 Å². The molecule has 0 spiro atoms. The molecule has 4 rings (SSSR count). The molecule has 32 heavy (non-hydrogen) atoms. The standard InChI is InChI=1S/C20H14ClFN6O4/c21-16-6-5-14(28(30)31)11-15(16)20(29)23-9-10-32-18-8-7-17-24-25-19(27(17)26-18)12-1-3-13(22)4-2-12/h1-8,11H,9-10H2,(H,23,29). The lowest BCUT2D eigenvalue weighted by Gasteiger charge is -2.08. The van der Waals surface area contributed by atoms with Crippen molar-refractivity contribution in [1.82, 2.24) is 25.1 Å². The first-order valence-corrected chi connectivity index (χ1v) is 9.63. The number of carbonyl (C=O) groups excluding carboxylic acids is 1. The maximum atomic E-state index is 13.2. The number of amides is 1. The third-order valence-corrected chi connectivity index (χ3v) is 4.71. The number of non-ortho nitro benzene ring substituents is 1. The van der Waals surface area contributed by atoms with Gasteiger partial charge in [-0.1, -0.05) is 11.6 Å². The summed E-state index contributed by atoms with van der Waals surface area (Å²) in [5, 5.41) is 26.0. The third kappa shape index (κ3) is 4.47. The van der Waals surface area contributed by atoms with Crippen LogP contribution in [0.5, 0.6) is 5.88 Å². The van der Waals surface area contributed by atoms with Gasteiger partial charge in [-0.2, -0.15) is 4.52 Å². The van der Waals surface area contributed by atoms with E-state index >= 15 is 0 Å². The van der Waals surface area contributed by atoms with Gasteiger partial charge in [-0.25, -0.2) is 4.39 Å². The molecule has 0 saturated heterocycles. The van der Waals surface area contributed by atoms with Gasteiger partial charge in [0.05, 0.1) is 22.1 Å². The molecular formula is C20H14ClFN6O4. The lowest BCUT2D eigenvalue weighted by molar-refractivity contribution is -0.384. The second kappa shape index (κ2) is 8.94. The molecular weight excluding hydrogens is 443 g/mol. The van der Waals surface area contributed by atoms with Crippen molar-refractivity contribution >= 4 is 28.8 Å². The molecule has 0 fully saturated rings. The number of carbonyl (C=O) groups is 1. The number of hydrogen-bond donors (Lipinski definition) is 1. The Labute approximate surface area is 184 Å². The first-order valence-electron chi connectivity index (χ1n) is 9.26. The van der Waals surface area contributed by atoms with Crippen molar-refractivity contribution in [3.63, 3.8) is 0 Å². The molecule has 2 heterocycles. The van der Waals surface area contributed by atoms with Crippen molar-refractivity contribution < 1.29 is 18.8 Å². The van der Waals surface area contributed by atoms with E-state index in [1.165, 1.54) is 28.8 Å². The Balaban J connectivity index is 1.40. The maximum Gasteiger partial charge on any atom is 0.270 e. The number of nitrogens with zero attached hydrogens (tertiary/aromatic N) is 5. The molecule has 12 heteroatoms. The Kier molecular flexibility index (Phi) is 5.90. The molecule has 2 aromatic heterocycles. The molecule has 0 unspecified atom stereocenters. The van der Waals surface area contributed by atoms with E-state index < -0.39 is 10.8 Å². The average Bonchev–Trinajstić information content (AvgIpc) is 3.20. The van der Waals surface area contributed by atoms with Gasteiger partial charge in [-0.3, -0.25) is 14.9 Å². The number of fused-ring (bicyclic) bond motifs is 1. The quantitative estimate of drug-likeness (QED) is 0.257. The monoisotopic (exact) mass is 456 g/mol. The van der Waals surface area contributed by atoms with Crippen molar-refractivity contribution in [2.24, 2.45) is 0 Å². The number of nitrogens with one attached hydrogen (secondary N) is 1. The Morgan fingerprint density at radius 1 is 1.16 bits per heavy atom. The molecule has 162 valence electrons. The van der Waals surface area contributed by atoms with E-state index in [0.717, 1.165) is 6.07 Å². The topological polar surface area (TPSA) is 125 Å². The van der Waals surface area contributed by atoms with E-state index in [1.54, 1.807) is 24.3 Å². The Hall–Kier alpha value is -4.12. The molecule has 0 bridgehead atoms. The lowest BCUT2D eigenvalue weighted by Crippen LogP contribution is -2.28. The zero-order valence-corrected chi connectivity index (χ0v) is 17.0. The van der Waals surface area contributed by atoms with E-state index in [1.807, 2.05) is 0 Å². The highest BCUT2D eigenvalue weighted by molar-refractivity contribution is 6.33. The van der Waals surface area contributed by atoms with Gasteiger partial charge in [0.25, 0.3) is 11.6 Å². The van der Waals surface area contributed by atoms with Crippen LogP contribution in [-0.2, 0) is 0 Å². The summed E-state index contributed by atoms with van der Waals surface area (Å²) < 4.78 is 20.2. The van der Waals surface area contributed by atoms with E-state index in [-0.39, 0.29) is 41.1 Å². The summed E-state index contributed by atoms with van der Waals surface area (Å²) >= 11 is 5.96. The molecule has 4 aromatic rings. The Morgan fingerprint density at radius 2 is 1.94 bits per heavy atom. The summed E-state index contributed by atoms with van der Waals surface area (Å²) in [6.07, 6.45) is 0. The molecule has 1 amide bonds. The number of rotatable bonds is 7. The van der Waals surface area contributed by atoms with Crippen molar-refractivity contribution in [3.8, 4) is 17.3 Å². The third-order valence-electron chi connectivity index (χ3n) is 4.38. The summed E-state index contributed by atoms with van der Waals surface area (Å²) in [5.41, 5.74) is 0.864. The first kappa shape index (κ1) is 21.1. The number of nitro groups is 1. The van der Waals surface area contributed by atoms with Gasteiger partial charge in [0.15, 0.2) is 11.5 Å². The van der Waals surface area contributed by atoms with Crippen molar-refractivity contribution in [2.75, 3.05) is 13.2 Å². The molecule has 10 nitrogen and oxygen atoms in total. The zero-order valence-electron chi connectivity index (χ0n) is 16.2. The molecule has 0 radical (unpaired) electrons. The van der Waals surface area contributed by atoms with Gasteiger partial charge >= 0.3 is 0 Å². The predicted octanol–water partition coefficient (Wildman–Crippen LogP) is 3.30. The number of nitro benzene ring substituents is 1. The van der Waals surface area contributed by atoms with Gasteiger partial charge in [0.1, 0.15) is 12.4 Å². The fourth-order valence-electron chi connectivity index (χ4n) is 2.84. The summed E-state index contributed by atoms with van der Waals surface area (Å²) in [6, 6.07) is 12.6. The summed E-state index contributed by atoms with van der Waals surface area (Å²) in [6.45, 7) is 0.176. The predicted molar refractivity (Wildman–Crippen MR) is 112 cm³/mol. The fourth-order valence-corrected chi connectivity index (χ4v) is 3.05. The number of ether oxygens (including phenoxy) is 1. The van der Waals surface area contributed by atoms with E-state index in [0.29, 0.717) is 17.0 Å². The van der Waals surface area contributed by atoms with Crippen LogP contribution in [0.2, 0.25) is 5.02 Å². The highest BCUT2D eigenvalue weighted by Gasteiger charge is 2.16. The minimum absolute atomic E-state index is 0.00570. The Bertz CT molecular complexity index is 1310. The second-order valence-corrected chi connectivity index (χ2v) is 6.90. The number of aromatic nitrogens is 4. The molecule has 0 aliphatic carbocycles.